The van der Waals surface area contributed by atoms with Gasteiger partial charge in [-0.1, -0.05) is 13.8 Å². The zero-order chi connectivity index (χ0) is 14.7. The van der Waals surface area contributed by atoms with Crippen molar-refractivity contribution in [3.8, 4) is 0 Å². The van der Waals surface area contributed by atoms with E-state index in [0.717, 1.165) is 12.1 Å². The minimum atomic E-state index is -4.09. The predicted octanol–water partition coefficient (Wildman–Crippen LogP) is 1.79. The molecular weight excluding hydrogens is 276 g/mol. The summed E-state index contributed by atoms with van der Waals surface area (Å²) in [4.78, 5) is -0.496. The van der Waals surface area contributed by atoms with E-state index in [1.54, 1.807) is 13.8 Å². The Kier molecular flexibility index (Phi) is 5.00. The summed E-state index contributed by atoms with van der Waals surface area (Å²) in [5.41, 5.74) is -1.03. The molecule has 0 amide bonds. The fourth-order valence-corrected chi connectivity index (χ4v) is 3.25. The zero-order valence-electron chi connectivity index (χ0n) is 10.8. The number of rotatable bonds is 6. The first-order chi connectivity index (χ1) is 8.78. The van der Waals surface area contributed by atoms with Crippen molar-refractivity contribution in [3.63, 3.8) is 0 Å². The molecular formula is C12H17F2NO3S. The maximum Gasteiger partial charge on any atom is 0.241 e. The standard InChI is InChI=1S/C12H17F2NO3S/c1-3-12(4-2,8-16)15-19(17,18)11-6-9(13)5-10(14)7-11/h5-7,15-16H,3-4,8H2,1-2H3. The fourth-order valence-electron chi connectivity index (χ4n) is 1.68. The molecule has 1 aromatic rings. The summed E-state index contributed by atoms with van der Waals surface area (Å²) >= 11 is 0. The Morgan fingerprint density at radius 1 is 1.16 bits per heavy atom. The van der Waals surface area contributed by atoms with E-state index in [1.807, 2.05) is 0 Å². The monoisotopic (exact) mass is 293 g/mol. The maximum atomic E-state index is 13.1. The third-order valence-electron chi connectivity index (χ3n) is 3.15. The van der Waals surface area contributed by atoms with Crippen LogP contribution in [0.25, 0.3) is 0 Å². The Hall–Kier alpha value is -1.05. The highest BCUT2D eigenvalue weighted by molar-refractivity contribution is 7.89. The molecule has 0 aromatic heterocycles. The van der Waals surface area contributed by atoms with Crippen LogP contribution in [0, 0.1) is 11.6 Å². The number of hydrogen-bond donors (Lipinski definition) is 2. The SMILES string of the molecule is CCC(CC)(CO)NS(=O)(=O)c1cc(F)cc(F)c1. The number of aliphatic hydroxyl groups excluding tert-OH is 1. The number of aliphatic hydroxyl groups is 1. The largest absolute Gasteiger partial charge is 0.394 e. The van der Waals surface area contributed by atoms with Gasteiger partial charge in [0.05, 0.1) is 17.0 Å². The lowest BCUT2D eigenvalue weighted by Gasteiger charge is -2.30. The lowest BCUT2D eigenvalue weighted by Crippen LogP contribution is -2.50. The lowest BCUT2D eigenvalue weighted by molar-refractivity contribution is 0.172. The zero-order valence-corrected chi connectivity index (χ0v) is 11.6. The molecule has 0 spiro atoms. The first kappa shape index (κ1) is 16.0. The molecule has 7 heteroatoms. The summed E-state index contributed by atoms with van der Waals surface area (Å²) in [6, 6.07) is 2.07. The molecule has 0 saturated carbocycles. The van der Waals surface area contributed by atoms with E-state index < -0.39 is 38.7 Å². The Bertz CT molecular complexity index is 513. The van der Waals surface area contributed by atoms with Gasteiger partial charge >= 0.3 is 0 Å². The molecule has 19 heavy (non-hydrogen) atoms. The Labute approximate surface area is 111 Å². The number of hydrogen-bond acceptors (Lipinski definition) is 3. The second kappa shape index (κ2) is 5.94. The van der Waals surface area contributed by atoms with E-state index in [1.165, 1.54) is 0 Å². The van der Waals surface area contributed by atoms with Crippen molar-refractivity contribution < 1.29 is 22.3 Å². The molecule has 0 aliphatic carbocycles. The summed E-state index contributed by atoms with van der Waals surface area (Å²) in [5, 5.41) is 9.32. The topological polar surface area (TPSA) is 66.4 Å². The van der Waals surface area contributed by atoms with Gasteiger partial charge in [0.25, 0.3) is 0 Å². The van der Waals surface area contributed by atoms with E-state index in [9.17, 15) is 22.3 Å². The molecule has 0 saturated heterocycles. The van der Waals surface area contributed by atoms with Crippen LogP contribution in [-0.2, 0) is 10.0 Å². The number of sulfonamides is 1. The summed E-state index contributed by atoms with van der Waals surface area (Å²) in [5.74, 6) is -1.94. The first-order valence-electron chi connectivity index (χ1n) is 5.89. The van der Waals surface area contributed by atoms with Crippen molar-refractivity contribution in [1.82, 2.24) is 4.72 Å². The van der Waals surface area contributed by atoms with Crippen molar-refractivity contribution in [2.75, 3.05) is 6.61 Å². The average Bonchev–Trinajstić information content (AvgIpc) is 2.35. The van der Waals surface area contributed by atoms with Gasteiger partial charge in [0, 0.05) is 6.07 Å². The van der Waals surface area contributed by atoms with Crippen molar-refractivity contribution in [2.45, 2.75) is 37.1 Å². The molecule has 108 valence electrons. The van der Waals surface area contributed by atoms with E-state index in [4.69, 9.17) is 0 Å². The number of halogens is 2. The van der Waals surface area contributed by atoms with E-state index in [-0.39, 0.29) is 0 Å². The second-order valence-electron chi connectivity index (χ2n) is 4.36. The lowest BCUT2D eigenvalue weighted by atomic mass is 9.96. The Morgan fingerprint density at radius 2 is 1.63 bits per heavy atom. The van der Waals surface area contributed by atoms with Crippen LogP contribution in [0.4, 0.5) is 8.78 Å². The molecule has 2 N–H and O–H groups in total. The molecule has 0 bridgehead atoms. The van der Waals surface area contributed by atoms with Crippen LogP contribution < -0.4 is 4.72 Å². The molecule has 0 aliphatic heterocycles. The van der Waals surface area contributed by atoms with E-state index in [2.05, 4.69) is 4.72 Å². The van der Waals surface area contributed by atoms with Crippen LogP contribution in [0.15, 0.2) is 23.1 Å². The summed E-state index contributed by atoms with van der Waals surface area (Å²) in [6.07, 6.45) is 0.716. The van der Waals surface area contributed by atoms with Crippen LogP contribution in [-0.4, -0.2) is 25.7 Å². The molecule has 4 nitrogen and oxygen atoms in total. The predicted molar refractivity (Wildman–Crippen MR) is 67.1 cm³/mol. The minimum absolute atomic E-state index is 0.358. The number of benzene rings is 1. The Morgan fingerprint density at radius 3 is 2.00 bits per heavy atom. The number of nitrogens with one attached hydrogen (secondary N) is 1. The smallest absolute Gasteiger partial charge is 0.241 e. The van der Waals surface area contributed by atoms with Gasteiger partial charge in [-0.3, -0.25) is 0 Å². The normalized spacial score (nSPS) is 12.7. The van der Waals surface area contributed by atoms with Crippen LogP contribution in [0.5, 0.6) is 0 Å². The van der Waals surface area contributed by atoms with Gasteiger partial charge in [0.1, 0.15) is 11.6 Å². The summed E-state index contributed by atoms with van der Waals surface area (Å²) in [6.45, 7) is 3.04. The molecule has 0 aliphatic rings. The highest BCUT2D eigenvalue weighted by Crippen LogP contribution is 2.20. The molecule has 1 rings (SSSR count). The fraction of sp³-hybridized carbons (Fsp3) is 0.500. The molecule has 1 aromatic carbocycles. The van der Waals surface area contributed by atoms with E-state index in [0.29, 0.717) is 18.9 Å². The van der Waals surface area contributed by atoms with Crippen LogP contribution in [0.1, 0.15) is 26.7 Å². The van der Waals surface area contributed by atoms with Gasteiger partial charge < -0.3 is 5.11 Å². The quantitative estimate of drug-likeness (QED) is 0.840. The van der Waals surface area contributed by atoms with Gasteiger partial charge in [-0.05, 0) is 25.0 Å². The summed E-state index contributed by atoms with van der Waals surface area (Å²) < 4.78 is 52.6. The third kappa shape index (κ3) is 3.71. The highest BCUT2D eigenvalue weighted by atomic mass is 32.2. The first-order valence-corrected chi connectivity index (χ1v) is 7.38. The maximum absolute atomic E-state index is 13.1. The van der Waals surface area contributed by atoms with Crippen molar-refractivity contribution in [3.05, 3.63) is 29.8 Å². The van der Waals surface area contributed by atoms with Gasteiger partial charge in [-0.25, -0.2) is 21.9 Å². The molecule has 0 unspecified atom stereocenters. The van der Waals surface area contributed by atoms with Crippen molar-refractivity contribution in [1.29, 1.82) is 0 Å². The van der Waals surface area contributed by atoms with Crippen LogP contribution in [0.2, 0.25) is 0 Å². The van der Waals surface area contributed by atoms with Gasteiger partial charge in [0.2, 0.25) is 10.0 Å². The molecule has 0 fully saturated rings. The Balaban J connectivity index is 3.17. The van der Waals surface area contributed by atoms with Crippen LogP contribution >= 0.6 is 0 Å². The van der Waals surface area contributed by atoms with E-state index >= 15 is 0 Å². The second-order valence-corrected chi connectivity index (χ2v) is 6.04. The van der Waals surface area contributed by atoms with Crippen LogP contribution in [0.3, 0.4) is 0 Å². The molecule has 0 heterocycles. The third-order valence-corrected chi connectivity index (χ3v) is 4.71. The average molecular weight is 293 g/mol. The van der Waals surface area contributed by atoms with Gasteiger partial charge in [-0.2, -0.15) is 0 Å². The highest BCUT2D eigenvalue weighted by Gasteiger charge is 2.31. The molecule has 0 radical (unpaired) electrons. The van der Waals surface area contributed by atoms with Crippen molar-refractivity contribution >= 4 is 10.0 Å². The molecule has 0 atom stereocenters. The minimum Gasteiger partial charge on any atom is -0.394 e. The van der Waals surface area contributed by atoms with Crippen molar-refractivity contribution in [2.24, 2.45) is 0 Å². The van der Waals surface area contributed by atoms with Gasteiger partial charge in [0.15, 0.2) is 0 Å². The summed E-state index contributed by atoms with van der Waals surface area (Å²) in [7, 11) is -4.09. The van der Waals surface area contributed by atoms with Gasteiger partial charge in [-0.15, -0.1) is 0 Å².